The number of rotatable bonds is 6. The van der Waals surface area contributed by atoms with Crippen molar-refractivity contribution in [3.63, 3.8) is 0 Å². The number of benzene rings is 1. The standard InChI is InChI=1S/C26H28F2N6O3/c1-24(2,36)20-11-31-21(12-30-20)34-14-25(9-22(34)35)6-3-7-26(13-25,37-23(27)28)15-33-16-32-18-5-4-17(10-29)8-19(18)33/h4-5,8,11-12,16,23,36H,3,6-7,9,13-15H2,1-2H3/t25-,26+/m0/s1. The number of alkyl halides is 2. The third-order valence-electron chi connectivity index (χ3n) is 7.45. The average molecular weight is 511 g/mol. The quantitative estimate of drug-likeness (QED) is 0.534. The monoisotopic (exact) mass is 510 g/mol. The van der Waals surface area contributed by atoms with Gasteiger partial charge in [-0.3, -0.25) is 14.7 Å². The lowest BCUT2D eigenvalue weighted by Crippen LogP contribution is -2.48. The maximum Gasteiger partial charge on any atom is 0.345 e. The lowest BCUT2D eigenvalue weighted by Gasteiger charge is -2.45. The van der Waals surface area contributed by atoms with Gasteiger partial charge in [0.2, 0.25) is 5.91 Å². The van der Waals surface area contributed by atoms with Crippen LogP contribution in [-0.4, -0.2) is 49.3 Å². The maximum absolute atomic E-state index is 13.7. The highest BCUT2D eigenvalue weighted by atomic mass is 19.3. The van der Waals surface area contributed by atoms with Crippen LogP contribution in [0.1, 0.15) is 57.2 Å². The number of ether oxygens (including phenoxy) is 1. The summed E-state index contributed by atoms with van der Waals surface area (Å²) in [6.45, 7) is 0.663. The van der Waals surface area contributed by atoms with Gasteiger partial charge < -0.3 is 14.4 Å². The van der Waals surface area contributed by atoms with Gasteiger partial charge in [-0.1, -0.05) is 0 Å². The fourth-order valence-corrected chi connectivity index (χ4v) is 5.84. The SMILES string of the molecule is CC(C)(O)c1cnc(N2C[C@@]3(CCC[C@@](Cn4cnc5ccc(C#N)cc54)(OC(F)F)C3)CC2=O)cn1. The molecule has 0 radical (unpaired) electrons. The molecule has 5 rings (SSSR count). The summed E-state index contributed by atoms with van der Waals surface area (Å²) in [5.41, 5.74) is -0.777. The number of anilines is 1. The van der Waals surface area contributed by atoms with Crippen LogP contribution in [0.25, 0.3) is 11.0 Å². The van der Waals surface area contributed by atoms with Crippen molar-refractivity contribution in [2.75, 3.05) is 11.4 Å². The minimum absolute atomic E-state index is 0.124. The number of carbonyl (C=O) groups excluding carboxylic acids is 1. The van der Waals surface area contributed by atoms with Gasteiger partial charge in [-0.25, -0.2) is 9.97 Å². The van der Waals surface area contributed by atoms with Crippen LogP contribution >= 0.6 is 0 Å². The molecular formula is C26H28F2N6O3. The molecule has 2 aromatic heterocycles. The van der Waals surface area contributed by atoms with Gasteiger partial charge in [0.15, 0.2) is 5.82 Å². The number of amides is 1. The lowest BCUT2D eigenvalue weighted by atomic mass is 9.66. The van der Waals surface area contributed by atoms with E-state index in [-0.39, 0.29) is 25.3 Å². The number of hydrogen-bond acceptors (Lipinski definition) is 7. The van der Waals surface area contributed by atoms with Gasteiger partial charge in [0.1, 0.15) is 5.60 Å². The van der Waals surface area contributed by atoms with Crippen LogP contribution in [0.15, 0.2) is 36.9 Å². The third-order valence-corrected chi connectivity index (χ3v) is 7.45. The van der Waals surface area contributed by atoms with E-state index in [1.165, 1.54) is 12.4 Å². The van der Waals surface area contributed by atoms with Crippen molar-refractivity contribution in [1.29, 1.82) is 5.26 Å². The zero-order valence-corrected chi connectivity index (χ0v) is 20.7. The van der Waals surface area contributed by atoms with Crippen molar-refractivity contribution in [1.82, 2.24) is 19.5 Å². The summed E-state index contributed by atoms with van der Waals surface area (Å²) >= 11 is 0. The highest BCUT2D eigenvalue weighted by Gasteiger charge is 2.53. The molecule has 9 nitrogen and oxygen atoms in total. The van der Waals surface area contributed by atoms with Crippen molar-refractivity contribution in [2.24, 2.45) is 5.41 Å². The molecule has 1 aliphatic heterocycles. The molecule has 2 aliphatic rings. The minimum Gasteiger partial charge on any atom is -0.384 e. The first kappa shape index (κ1) is 25.2. The Morgan fingerprint density at radius 1 is 1.24 bits per heavy atom. The summed E-state index contributed by atoms with van der Waals surface area (Å²) in [6, 6.07) is 7.18. The van der Waals surface area contributed by atoms with E-state index in [1.807, 2.05) is 0 Å². The zero-order chi connectivity index (χ0) is 26.4. The Kier molecular flexibility index (Phi) is 6.20. The number of imidazole rings is 1. The number of halogens is 2. The number of carbonyl (C=O) groups is 1. The largest absolute Gasteiger partial charge is 0.384 e. The Morgan fingerprint density at radius 3 is 2.73 bits per heavy atom. The summed E-state index contributed by atoms with van der Waals surface area (Å²) in [4.78, 5) is 27.6. The first-order chi connectivity index (χ1) is 17.5. The molecule has 194 valence electrons. The van der Waals surface area contributed by atoms with E-state index < -0.39 is 23.2 Å². The molecule has 1 aliphatic carbocycles. The number of nitrogens with zero attached hydrogens (tertiary/aromatic N) is 6. The molecule has 1 N–H and O–H groups in total. The third kappa shape index (κ3) is 4.91. The molecule has 2 fully saturated rings. The normalized spacial score (nSPS) is 24.4. The zero-order valence-electron chi connectivity index (χ0n) is 20.7. The number of nitriles is 1. The molecule has 0 unspecified atom stereocenters. The molecule has 1 saturated heterocycles. The van der Waals surface area contributed by atoms with Crippen molar-refractivity contribution < 1.29 is 23.4 Å². The van der Waals surface area contributed by atoms with Crippen LogP contribution in [0, 0.1) is 16.7 Å². The molecule has 1 amide bonds. The fraction of sp³-hybridized carbons (Fsp3) is 0.500. The Hall–Kier alpha value is -3.49. The van der Waals surface area contributed by atoms with Gasteiger partial charge in [-0.15, -0.1) is 0 Å². The summed E-state index contributed by atoms with van der Waals surface area (Å²) in [5.74, 6) is 0.218. The van der Waals surface area contributed by atoms with E-state index in [4.69, 9.17) is 4.74 Å². The summed E-state index contributed by atoms with van der Waals surface area (Å²) in [6.07, 6.45) is 6.66. The molecule has 3 heterocycles. The minimum atomic E-state index is -2.98. The Balaban J connectivity index is 1.43. The Morgan fingerprint density at radius 2 is 2.05 bits per heavy atom. The topological polar surface area (TPSA) is 117 Å². The van der Waals surface area contributed by atoms with Crippen molar-refractivity contribution in [2.45, 2.75) is 70.3 Å². The van der Waals surface area contributed by atoms with Crippen LogP contribution in [-0.2, 0) is 21.7 Å². The Labute approximate surface area is 212 Å². The highest BCUT2D eigenvalue weighted by molar-refractivity contribution is 5.95. The van der Waals surface area contributed by atoms with Gasteiger partial charge in [0.25, 0.3) is 0 Å². The van der Waals surface area contributed by atoms with Crippen LogP contribution < -0.4 is 4.90 Å². The predicted octanol–water partition coefficient (Wildman–Crippen LogP) is 3.90. The molecule has 37 heavy (non-hydrogen) atoms. The van der Waals surface area contributed by atoms with E-state index in [0.29, 0.717) is 53.9 Å². The average Bonchev–Trinajstić information content (AvgIpc) is 3.37. The molecule has 1 spiro atoms. The smallest absolute Gasteiger partial charge is 0.345 e. The highest BCUT2D eigenvalue weighted by Crippen LogP contribution is 2.51. The van der Waals surface area contributed by atoms with E-state index in [9.17, 15) is 23.9 Å². The van der Waals surface area contributed by atoms with Crippen LogP contribution in [0.3, 0.4) is 0 Å². The first-order valence-corrected chi connectivity index (χ1v) is 12.2. The fourth-order valence-electron chi connectivity index (χ4n) is 5.84. The summed E-state index contributed by atoms with van der Waals surface area (Å²) < 4.78 is 34.6. The van der Waals surface area contributed by atoms with E-state index >= 15 is 0 Å². The van der Waals surface area contributed by atoms with Crippen LogP contribution in [0.4, 0.5) is 14.6 Å². The van der Waals surface area contributed by atoms with E-state index in [0.717, 1.165) is 0 Å². The number of fused-ring (bicyclic) bond motifs is 1. The van der Waals surface area contributed by atoms with Crippen molar-refractivity contribution in [3.05, 3.63) is 48.2 Å². The number of hydrogen-bond donors (Lipinski definition) is 1. The van der Waals surface area contributed by atoms with Crippen molar-refractivity contribution >= 4 is 22.8 Å². The molecule has 2 atom stereocenters. The molecular weight excluding hydrogens is 482 g/mol. The van der Waals surface area contributed by atoms with Gasteiger partial charge in [0, 0.05) is 18.4 Å². The molecule has 1 saturated carbocycles. The van der Waals surface area contributed by atoms with Crippen molar-refractivity contribution in [3.8, 4) is 6.07 Å². The van der Waals surface area contributed by atoms with E-state index in [1.54, 1.807) is 47.8 Å². The second kappa shape index (κ2) is 9.11. The van der Waals surface area contributed by atoms with Gasteiger partial charge >= 0.3 is 6.61 Å². The second-order valence-electron chi connectivity index (χ2n) is 10.8. The number of aromatic nitrogens is 4. The molecule has 1 aromatic carbocycles. The maximum atomic E-state index is 13.7. The van der Waals surface area contributed by atoms with Gasteiger partial charge in [-0.2, -0.15) is 14.0 Å². The van der Waals surface area contributed by atoms with Crippen LogP contribution in [0.5, 0.6) is 0 Å². The summed E-state index contributed by atoms with van der Waals surface area (Å²) in [5, 5.41) is 19.4. The lowest BCUT2D eigenvalue weighted by molar-refractivity contribution is -0.233. The summed E-state index contributed by atoms with van der Waals surface area (Å²) in [7, 11) is 0. The second-order valence-corrected chi connectivity index (χ2v) is 10.8. The van der Waals surface area contributed by atoms with Gasteiger partial charge in [0.05, 0.1) is 59.2 Å². The van der Waals surface area contributed by atoms with E-state index in [2.05, 4.69) is 21.0 Å². The Bertz CT molecular complexity index is 1360. The molecule has 3 aromatic rings. The predicted molar refractivity (Wildman–Crippen MR) is 129 cm³/mol. The van der Waals surface area contributed by atoms with Crippen LogP contribution in [0.2, 0.25) is 0 Å². The first-order valence-electron chi connectivity index (χ1n) is 12.2. The van der Waals surface area contributed by atoms with Gasteiger partial charge in [-0.05, 0) is 57.7 Å². The number of aliphatic hydroxyl groups is 1. The molecule has 0 bridgehead atoms. The molecule has 11 heteroatoms.